The molecule has 1 saturated carbocycles. The van der Waals surface area contributed by atoms with Crippen LogP contribution in [0.2, 0.25) is 0 Å². The van der Waals surface area contributed by atoms with E-state index in [-0.39, 0.29) is 0 Å². The molecule has 2 aromatic carbocycles. The highest BCUT2D eigenvalue weighted by Gasteiger charge is 2.22. The third-order valence-corrected chi connectivity index (χ3v) is 4.70. The van der Waals surface area contributed by atoms with Crippen LogP contribution in [0, 0.1) is 5.92 Å². The lowest BCUT2D eigenvalue weighted by molar-refractivity contribution is 0.306. The highest BCUT2D eigenvalue weighted by molar-refractivity contribution is 5.28. The predicted molar refractivity (Wildman–Crippen MR) is 104 cm³/mol. The molecule has 3 heteroatoms. The van der Waals surface area contributed by atoms with E-state index in [0.29, 0.717) is 6.61 Å². The van der Waals surface area contributed by atoms with E-state index in [9.17, 15) is 0 Å². The highest BCUT2D eigenvalue weighted by atomic mass is 16.5. The number of nitrogens with one attached hydrogen (secondary N) is 1. The smallest absolute Gasteiger partial charge is 0.119 e. The van der Waals surface area contributed by atoms with Gasteiger partial charge in [-0.2, -0.15) is 0 Å². The van der Waals surface area contributed by atoms with Crippen molar-refractivity contribution in [3.63, 3.8) is 0 Å². The van der Waals surface area contributed by atoms with Crippen molar-refractivity contribution in [1.29, 1.82) is 0 Å². The summed E-state index contributed by atoms with van der Waals surface area (Å²) in [5.74, 6) is 1.91. The van der Waals surface area contributed by atoms with Crippen molar-refractivity contribution in [2.45, 2.75) is 25.9 Å². The number of nitrogens with zero attached hydrogens (tertiary/aromatic N) is 1. The zero-order valence-corrected chi connectivity index (χ0v) is 15.3. The van der Waals surface area contributed by atoms with Gasteiger partial charge in [0.25, 0.3) is 0 Å². The summed E-state index contributed by atoms with van der Waals surface area (Å²) in [4.78, 5) is 2.45. The van der Waals surface area contributed by atoms with Gasteiger partial charge < -0.3 is 15.0 Å². The molecule has 0 aromatic heterocycles. The fraction of sp³-hybridized carbons (Fsp3) is 0.455. The second-order valence-electron chi connectivity index (χ2n) is 7.12. The Morgan fingerprint density at radius 1 is 0.960 bits per heavy atom. The molecular formula is C22H30N2O. The maximum absolute atomic E-state index is 5.83. The molecule has 2 aromatic rings. The summed E-state index contributed by atoms with van der Waals surface area (Å²) in [5.41, 5.74) is 2.55. The van der Waals surface area contributed by atoms with Gasteiger partial charge in [0.15, 0.2) is 0 Å². The molecule has 0 radical (unpaired) electrons. The van der Waals surface area contributed by atoms with Crippen molar-refractivity contribution in [3.8, 4) is 5.75 Å². The average molecular weight is 338 g/mol. The molecule has 0 amide bonds. The van der Waals surface area contributed by atoms with Crippen molar-refractivity contribution >= 4 is 0 Å². The molecule has 134 valence electrons. The molecule has 1 aliphatic carbocycles. The molecule has 0 aliphatic heterocycles. The predicted octanol–water partition coefficient (Wildman–Crippen LogP) is 3.74. The van der Waals surface area contributed by atoms with Gasteiger partial charge in [-0.1, -0.05) is 42.5 Å². The first kappa shape index (κ1) is 18.0. The second kappa shape index (κ2) is 9.59. The van der Waals surface area contributed by atoms with Crippen molar-refractivity contribution in [3.05, 3.63) is 65.7 Å². The van der Waals surface area contributed by atoms with Crippen LogP contribution in [0.15, 0.2) is 54.6 Å². The number of benzene rings is 2. The van der Waals surface area contributed by atoms with E-state index in [1.54, 1.807) is 0 Å². The summed E-state index contributed by atoms with van der Waals surface area (Å²) in [6, 6.07) is 18.8. The Hall–Kier alpha value is -1.84. The van der Waals surface area contributed by atoms with Crippen molar-refractivity contribution in [2.24, 2.45) is 5.92 Å². The van der Waals surface area contributed by atoms with Gasteiger partial charge in [0.2, 0.25) is 0 Å². The molecule has 0 spiro atoms. The van der Waals surface area contributed by atoms with E-state index in [1.165, 1.54) is 30.5 Å². The minimum atomic E-state index is 0.621. The van der Waals surface area contributed by atoms with E-state index in [1.807, 2.05) is 18.2 Å². The summed E-state index contributed by atoms with van der Waals surface area (Å²) in [6.45, 7) is 5.13. The molecule has 3 rings (SSSR count). The van der Waals surface area contributed by atoms with E-state index >= 15 is 0 Å². The molecule has 3 nitrogen and oxygen atoms in total. The van der Waals surface area contributed by atoms with Crippen LogP contribution in [-0.2, 0) is 13.0 Å². The van der Waals surface area contributed by atoms with Crippen LogP contribution >= 0.6 is 0 Å². The van der Waals surface area contributed by atoms with Crippen LogP contribution in [-0.4, -0.2) is 38.1 Å². The molecular weight excluding hydrogens is 308 g/mol. The minimum Gasteiger partial charge on any atom is -0.489 e. The molecule has 0 unspecified atom stereocenters. The monoisotopic (exact) mass is 338 g/mol. The number of hydrogen-bond donors (Lipinski definition) is 1. The third kappa shape index (κ3) is 6.89. The fourth-order valence-corrected chi connectivity index (χ4v) is 2.95. The van der Waals surface area contributed by atoms with Crippen LogP contribution in [0.3, 0.4) is 0 Å². The summed E-state index contributed by atoms with van der Waals surface area (Å²) < 4.78 is 5.83. The van der Waals surface area contributed by atoms with Gasteiger partial charge in [-0.3, -0.25) is 0 Å². The Bertz CT molecular complexity index is 608. The Labute approximate surface area is 152 Å². The first-order valence-electron chi connectivity index (χ1n) is 9.44. The van der Waals surface area contributed by atoms with Crippen LogP contribution < -0.4 is 10.1 Å². The van der Waals surface area contributed by atoms with Crippen molar-refractivity contribution in [2.75, 3.05) is 33.2 Å². The largest absolute Gasteiger partial charge is 0.489 e. The molecule has 1 N–H and O–H groups in total. The Morgan fingerprint density at radius 3 is 2.44 bits per heavy atom. The summed E-state index contributed by atoms with van der Waals surface area (Å²) >= 11 is 0. The maximum atomic E-state index is 5.83. The fourth-order valence-electron chi connectivity index (χ4n) is 2.95. The standard InChI is InChI=1S/C22H30N2O/c1-24(17-20-7-8-20)16-15-23-14-13-19-9-11-22(12-10-19)25-18-21-5-3-2-4-6-21/h2-6,9-12,20,23H,7-8,13-18H2,1H3. The van der Waals surface area contributed by atoms with E-state index in [2.05, 4.69) is 53.7 Å². The minimum absolute atomic E-state index is 0.621. The van der Waals surface area contributed by atoms with Gasteiger partial charge in [0.05, 0.1) is 0 Å². The summed E-state index contributed by atoms with van der Waals surface area (Å²) in [7, 11) is 2.23. The average Bonchev–Trinajstić information content (AvgIpc) is 3.45. The lowest BCUT2D eigenvalue weighted by Crippen LogP contribution is -2.31. The van der Waals surface area contributed by atoms with Crippen molar-refractivity contribution in [1.82, 2.24) is 10.2 Å². The summed E-state index contributed by atoms with van der Waals surface area (Å²) in [5, 5.41) is 3.55. The Kier molecular flexibility index (Phi) is 6.89. The number of hydrogen-bond acceptors (Lipinski definition) is 3. The van der Waals surface area contributed by atoms with Crippen LogP contribution in [0.25, 0.3) is 0 Å². The van der Waals surface area contributed by atoms with Crippen LogP contribution in [0.1, 0.15) is 24.0 Å². The third-order valence-electron chi connectivity index (χ3n) is 4.70. The number of ether oxygens (including phenoxy) is 1. The van der Waals surface area contributed by atoms with Gasteiger partial charge in [0.1, 0.15) is 12.4 Å². The maximum Gasteiger partial charge on any atom is 0.119 e. The topological polar surface area (TPSA) is 24.5 Å². The van der Waals surface area contributed by atoms with Crippen molar-refractivity contribution < 1.29 is 4.74 Å². The van der Waals surface area contributed by atoms with Gasteiger partial charge in [-0.25, -0.2) is 0 Å². The molecule has 0 heterocycles. The summed E-state index contributed by atoms with van der Waals surface area (Å²) in [6.07, 6.45) is 3.93. The molecule has 1 aliphatic rings. The van der Waals surface area contributed by atoms with Gasteiger partial charge >= 0.3 is 0 Å². The second-order valence-corrected chi connectivity index (χ2v) is 7.12. The van der Waals surface area contributed by atoms with Gasteiger partial charge in [0, 0.05) is 19.6 Å². The molecule has 1 fully saturated rings. The molecule has 0 atom stereocenters. The van der Waals surface area contributed by atoms with Gasteiger partial charge in [-0.05, 0) is 62.0 Å². The zero-order valence-electron chi connectivity index (χ0n) is 15.3. The molecule has 0 saturated heterocycles. The first-order valence-corrected chi connectivity index (χ1v) is 9.44. The lowest BCUT2D eigenvalue weighted by atomic mass is 10.1. The molecule has 25 heavy (non-hydrogen) atoms. The van der Waals surface area contributed by atoms with E-state index in [4.69, 9.17) is 4.74 Å². The van der Waals surface area contributed by atoms with Crippen LogP contribution in [0.4, 0.5) is 0 Å². The number of likely N-dealkylation sites (N-methyl/N-ethyl adjacent to an activating group) is 1. The lowest BCUT2D eigenvalue weighted by Gasteiger charge is -2.16. The van der Waals surface area contributed by atoms with Crippen LogP contribution in [0.5, 0.6) is 5.75 Å². The molecule has 0 bridgehead atoms. The quantitative estimate of drug-likeness (QED) is 0.632. The first-order chi connectivity index (χ1) is 12.3. The van der Waals surface area contributed by atoms with E-state index < -0.39 is 0 Å². The number of rotatable bonds is 11. The Morgan fingerprint density at radius 2 is 1.72 bits per heavy atom. The van der Waals surface area contributed by atoms with Gasteiger partial charge in [-0.15, -0.1) is 0 Å². The Balaban J connectivity index is 1.29. The normalized spacial score (nSPS) is 14.0. The van der Waals surface area contributed by atoms with E-state index in [0.717, 1.165) is 37.7 Å². The SMILES string of the molecule is CN(CCNCCc1ccc(OCc2ccccc2)cc1)CC1CC1. The highest BCUT2D eigenvalue weighted by Crippen LogP contribution is 2.29. The zero-order chi connectivity index (χ0) is 17.3.